The molecule has 28 heavy (non-hydrogen) atoms. The van der Waals surface area contributed by atoms with Gasteiger partial charge in [-0.1, -0.05) is 6.07 Å². The predicted molar refractivity (Wildman–Crippen MR) is 109 cm³/mol. The number of aromatic nitrogens is 6. The van der Waals surface area contributed by atoms with Crippen molar-refractivity contribution in [3.05, 3.63) is 79.1 Å². The summed E-state index contributed by atoms with van der Waals surface area (Å²) in [4.78, 5) is 7.11. The fraction of sp³-hybridized carbons (Fsp3) is 0.0500. The Balaban J connectivity index is 1.31. The number of nitrogens with one attached hydrogen (secondary N) is 4. The van der Waals surface area contributed by atoms with Crippen LogP contribution in [0.4, 0.5) is 17.2 Å². The van der Waals surface area contributed by atoms with Crippen molar-refractivity contribution >= 4 is 28.1 Å². The lowest BCUT2D eigenvalue weighted by molar-refractivity contribution is 0.884. The van der Waals surface area contributed by atoms with E-state index in [1.165, 1.54) is 0 Å². The minimum absolute atomic E-state index is 0.686. The minimum atomic E-state index is 0.686. The maximum atomic E-state index is 4.63. The number of hydrogen-bond donors (Lipinski definition) is 4. The van der Waals surface area contributed by atoms with Crippen LogP contribution < -0.4 is 10.6 Å². The Hall–Kier alpha value is -4.07. The molecule has 2 aromatic carbocycles. The lowest BCUT2D eigenvalue weighted by atomic mass is 10.2. The fourth-order valence-corrected chi connectivity index (χ4v) is 3.04. The van der Waals surface area contributed by atoms with Gasteiger partial charge >= 0.3 is 0 Å². The quantitative estimate of drug-likeness (QED) is 0.364. The molecule has 0 radical (unpaired) electrons. The van der Waals surface area contributed by atoms with Gasteiger partial charge in [-0.25, -0.2) is 9.67 Å². The molecule has 8 heteroatoms. The molecule has 8 nitrogen and oxygen atoms in total. The van der Waals surface area contributed by atoms with E-state index in [2.05, 4.69) is 42.0 Å². The Morgan fingerprint density at radius 1 is 1.00 bits per heavy atom. The Morgan fingerprint density at radius 2 is 2.00 bits per heavy atom. The Labute approximate surface area is 160 Å². The normalized spacial score (nSPS) is 11.0. The minimum Gasteiger partial charge on any atom is -0.379 e. The molecule has 0 saturated heterocycles. The van der Waals surface area contributed by atoms with E-state index in [0.29, 0.717) is 6.54 Å². The van der Waals surface area contributed by atoms with Crippen molar-refractivity contribution in [3.8, 4) is 5.69 Å². The molecule has 0 amide bonds. The van der Waals surface area contributed by atoms with Gasteiger partial charge in [0.25, 0.3) is 0 Å². The highest BCUT2D eigenvalue weighted by atomic mass is 15.3. The maximum Gasteiger partial charge on any atom is 0.152 e. The topological polar surface area (TPSA) is 99.2 Å². The molecule has 0 unspecified atom stereocenters. The summed E-state index contributed by atoms with van der Waals surface area (Å²) in [5.74, 6) is 0.777. The van der Waals surface area contributed by atoms with Crippen molar-refractivity contribution in [3.63, 3.8) is 0 Å². The largest absolute Gasteiger partial charge is 0.379 e. The molecule has 138 valence electrons. The van der Waals surface area contributed by atoms with Gasteiger partial charge in [0.15, 0.2) is 5.82 Å². The molecule has 0 fully saturated rings. The molecule has 3 heterocycles. The number of nitrogens with zero attached hydrogens (tertiary/aromatic N) is 4. The highest BCUT2D eigenvalue weighted by Gasteiger charge is 2.04. The van der Waals surface area contributed by atoms with Crippen LogP contribution in [0.3, 0.4) is 0 Å². The van der Waals surface area contributed by atoms with E-state index in [1.54, 1.807) is 12.5 Å². The number of imidazole rings is 1. The van der Waals surface area contributed by atoms with Crippen LogP contribution in [0, 0.1) is 0 Å². The van der Waals surface area contributed by atoms with Crippen molar-refractivity contribution < 1.29 is 0 Å². The monoisotopic (exact) mass is 370 g/mol. The number of fused-ring (bicyclic) bond motifs is 1. The summed E-state index contributed by atoms with van der Waals surface area (Å²) < 4.78 is 1.85. The van der Waals surface area contributed by atoms with Gasteiger partial charge < -0.3 is 15.6 Å². The molecule has 0 spiro atoms. The van der Waals surface area contributed by atoms with Crippen molar-refractivity contribution in [2.75, 3.05) is 10.6 Å². The summed E-state index contributed by atoms with van der Waals surface area (Å²) in [6.07, 6.45) is 7.23. The zero-order chi connectivity index (χ0) is 18.8. The standard InChI is InChI=1S/C20H18N8/c1-2-15(22-12-17-11-21-13-23-17)9-18(3-1)28-7-6-20(27-28)25-16-4-5-19-14(8-16)10-24-26-19/h1-11,13,22H,12H2,(H,21,23)(H,24,26)(H,25,27). The molecule has 0 atom stereocenters. The number of H-pyrrole nitrogens is 2. The Kier molecular flexibility index (Phi) is 3.98. The second kappa shape index (κ2) is 6.92. The first-order valence-electron chi connectivity index (χ1n) is 8.91. The second-order valence-corrected chi connectivity index (χ2v) is 6.42. The first-order valence-corrected chi connectivity index (χ1v) is 8.91. The fourth-order valence-electron chi connectivity index (χ4n) is 3.04. The first kappa shape index (κ1) is 16.1. The third-order valence-corrected chi connectivity index (χ3v) is 4.45. The number of aromatic amines is 2. The van der Waals surface area contributed by atoms with Gasteiger partial charge in [0, 0.05) is 35.2 Å². The van der Waals surface area contributed by atoms with Crippen LogP contribution in [0.1, 0.15) is 5.69 Å². The molecule has 3 aromatic heterocycles. The average Bonchev–Trinajstić information content (AvgIpc) is 3.48. The molecule has 0 saturated carbocycles. The molecule has 5 aromatic rings. The van der Waals surface area contributed by atoms with Crippen molar-refractivity contribution in [1.29, 1.82) is 0 Å². The first-order chi connectivity index (χ1) is 13.8. The summed E-state index contributed by atoms with van der Waals surface area (Å²) in [7, 11) is 0. The van der Waals surface area contributed by atoms with Gasteiger partial charge in [0.2, 0.25) is 0 Å². The number of rotatable bonds is 6. The third-order valence-electron chi connectivity index (χ3n) is 4.45. The zero-order valence-corrected chi connectivity index (χ0v) is 14.9. The van der Waals surface area contributed by atoms with E-state index >= 15 is 0 Å². The summed E-state index contributed by atoms with van der Waals surface area (Å²) in [6.45, 7) is 0.686. The third kappa shape index (κ3) is 3.30. The van der Waals surface area contributed by atoms with Crippen LogP contribution in [0.15, 0.2) is 73.4 Å². The van der Waals surface area contributed by atoms with E-state index in [1.807, 2.05) is 59.5 Å². The van der Waals surface area contributed by atoms with E-state index in [0.717, 1.165) is 39.5 Å². The van der Waals surface area contributed by atoms with E-state index in [-0.39, 0.29) is 0 Å². The average molecular weight is 370 g/mol. The maximum absolute atomic E-state index is 4.63. The van der Waals surface area contributed by atoms with Gasteiger partial charge in [-0.2, -0.15) is 10.2 Å². The molecular weight excluding hydrogens is 352 g/mol. The Morgan fingerprint density at radius 3 is 2.93 bits per heavy atom. The highest BCUT2D eigenvalue weighted by molar-refractivity contribution is 5.82. The molecule has 0 aliphatic carbocycles. The second-order valence-electron chi connectivity index (χ2n) is 6.42. The molecule has 5 rings (SSSR count). The lowest BCUT2D eigenvalue weighted by Gasteiger charge is -2.08. The summed E-state index contributed by atoms with van der Waals surface area (Å²) in [6, 6.07) is 16.1. The van der Waals surface area contributed by atoms with E-state index in [4.69, 9.17) is 0 Å². The molecule has 0 aliphatic rings. The van der Waals surface area contributed by atoms with Crippen molar-refractivity contribution in [1.82, 2.24) is 29.9 Å². The van der Waals surface area contributed by atoms with Gasteiger partial charge in [-0.05, 0) is 36.4 Å². The summed E-state index contributed by atoms with van der Waals surface area (Å²) in [5.41, 5.74) is 5.01. The summed E-state index contributed by atoms with van der Waals surface area (Å²) in [5, 5.41) is 19.4. The van der Waals surface area contributed by atoms with Crippen molar-refractivity contribution in [2.45, 2.75) is 6.54 Å². The van der Waals surface area contributed by atoms with Crippen LogP contribution in [-0.2, 0) is 6.54 Å². The van der Waals surface area contributed by atoms with Crippen molar-refractivity contribution in [2.24, 2.45) is 0 Å². The molecular formula is C20H18N8. The molecule has 0 bridgehead atoms. The van der Waals surface area contributed by atoms with Crippen LogP contribution in [0.5, 0.6) is 0 Å². The lowest BCUT2D eigenvalue weighted by Crippen LogP contribution is -2.01. The van der Waals surface area contributed by atoms with Crippen LogP contribution >= 0.6 is 0 Å². The smallest absolute Gasteiger partial charge is 0.152 e. The van der Waals surface area contributed by atoms with Crippen LogP contribution in [0.25, 0.3) is 16.6 Å². The number of benzene rings is 2. The van der Waals surface area contributed by atoms with Crippen LogP contribution in [0.2, 0.25) is 0 Å². The highest BCUT2D eigenvalue weighted by Crippen LogP contribution is 2.21. The van der Waals surface area contributed by atoms with Gasteiger partial charge in [-0.3, -0.25) is 5.10 Å². The van der Waals surface area contributed by atoms with Crippen LogP contribution in [-0.4, -0.2) is 29.9 Å². The number of anilines is 3. The Bertz CT molecular complexity index is 1200. The molecule has 0 aliphatic heterocycles. The summed E-state index contributed by atoms with van der Waals surface area (Å²) >= 11 is 0. The van der Waals surface area contributed by atoms with Gasteiger partial charge in [0.05, 0.1) is 36.0 Å². The SMILES string of the molecule is c1cc(NCc2cnc[nH]2)cc(-n2ccc(Nc3ccc4[nH]ncc4c3)n2)c1. The van der Waals surface area contributed by atoms with E-state index in [9.17, 15) is 0 Å². The number of hydrogen-bond acceptors (Lipinski definition) is 5. The van der Waals surface area contributed by atoms with Gasteiger partial charge in [0.1, 0.15) is 0 Å². The molecule has 4 N–H and O–H groups in total. The van der Waals surface area contributed by atoms with E-state index < -0.39 is 0 Å². The zero-order valence-electron chi connectivity index (χ0n) is 14.9. The predicted octanol–water partition coefficient (Wildman–Crippen LogP) is 3.83. The van der Waals surface area contributed by atoms with Gasteiger partial charge in [-0.15, -0.1) is 0 Å².